The summed E-state index contributed by atoms with van der Waals surface area (Å²) in [6, 6.07) is 14.2. The van der Waals surface area contributed by atoms with Crippen molar-refractivity contribution in [1.82, 2.24) is 9.55 Å². The third-order valence-electron chi connectivity index (χ3n) is 4.80. The van der Waals surface area contributed by atoms with Crippen LogP contribution in [0.25, 0.3) is 10.8 Å². The number of fused-ring (bicyclic) bond motifs is 1. The Labute approximate surface area is 165 Å². The van der Waals surface area contributed by atoms with Crippen molar-refractivity contribution in [2.75, 3.05) is 17.2 Å². The fourth-order valence-electron chi connectivity index (χ4n) is 3.36. The number of carbonyl (C=O) groups is 1. The van der Waals surface area contributed by atoms with Gasteiger partial charge >= 0.3 is 11.7 Å². The molecule has 0 unspecified atom stereocenters. The summed E-state index contributed by atoms with van der Waals surface area (Å²) >= 11 is 0. The first-order chi connectivity index (χ1) is 14.0. The number of hydrogen-bond donors (Lipinski definition) is 4. The van der Waals surface area contributed by atoms with E-state index in [2.05, 4.69) is 15.6 Å². The highest BCUT2D eigenvalue weighted by Gasteiger charge is 2.34. The summed E-state index contributed by atoms with van der Waals surface area (Å²) < 4.78 is 6.67. The molecule has 4 rings (SSSR count). The van der Waals surface area contributed by atoms with E-state index in [1.165, 1.54) is 16.8 Å². The Balaban J connectivity index is 1.46. The maximum atomic E-state index is 12.3. The second-order valence-electron chi connectivity index (χ2n) is 6.72. The molecule has 9 heteroatoms. The lowest BCUT2D eigenvalue weighted by Gasteiger charge is -2.15. The molecule has 1 aromatic heterocycles. The van der Waals surface area contributed by atoms with Crippen LogP contribution in [0, 0.1) is 0 Å². The quantitative estimate of drug-likeness (QED) is 0.532. The summed E-state index contributed by atoms with van der Waals surface area (Å²) in [5, 5.41) is 26.2. The minimum absolute atomic E-state index is 0.0845. The van der Waals surface area contributed by atoms with Crippen LogP contribution in [0.2, 0.25) is 0 Å². The molecule has 0 bridgehead atoms. The van der Waals surface area contributed by atoms with Gasteiger partial charge in [0.2, 0.25) is 0 Å². The summed E-state index contributed by atoms with van der Waals surface area (Å²) in [5.41, 5.74) is 0.00100. The smallest absolute Gasteiger partial charge is 0.351 e. The third-order valence-corrected chi connectivity index (χ3v) is 4.80. The second-order valence-corrected chi connectivity index (χ2v) is 6.72. The Morgan fingerprint density at radius 2 is 1.97 bits per heavy atom. The molecule has 4 N–H and O–H groups in total. The maximum Gasteiger partial charge on any atom is 0.351 e. The fraction of sp³-hybridized carbons (Fsp3) is 0.250. The van der Waals surface area contributed by atoms with Crippen molar-refractivity contribution in [3.63, 3.8) is 0 Å². The number of hydrogen-bond acceptors (Lipinski definition) is 6. The number of nitrogens with zero attached hydrogens (tertiary/aromatic N) is 2. The monoisotopic (exact) mass is 396 g/mol. The van der Waals surface area contributed by atoms with Crippen molar-refractivity contribution < 1.29 is 19.7 Å². The summed E-state index contributed by atoms with van der Waals surface area (Å²) in [6.07, 6.45) is -0.723. The number of urea groups is 1. The lowest BCUT2D eigenvalue weighted by Crippen LogP contribution is -2.29. The van der Waals surface area contributed by atoms with Gasteiger partial charge in [0.05, 0.1) is 18.4 Å². The first-order valence-electron chi connectivity index (χ1n) is 9.14. The van der Waals surface area contributed by atoms with Crippen molar-refractivity contribution in [3.8, 4) is 0 Å². The minimum atomic E-state index is -0.860. The van der Waals surface area contributed by atoms with Crippen LogP contribution in [0.5, 0.6) is 0 Å². The van der Waals surface area contributed by atoms with Gasteiger partial charge in [-0.3, -0.25) is 9.88 Å². The zero-order chi connectivity index (χ0) is 20.4. The third kappa shape index (κ3) is 3.97. The number of benzene rings is 2. The number of aromatic nitrogens is 2. The molecule has 2 heterocycles. The predicted molar refractivity (Wildman–Crippen MR) is 107 cm³/mol. The van der Waals surface area contributed by atoms with E-state index in [1.54, 1.807) is 6.07 Å². The molecule has 3 atom stereocenters. The Kier molecular flexibility index (Phi) is 5.26. The van der Waals surface area contributed by atoms with Crippen LogP contribution in [0.1, 0.15) is 12.6 Å². The van der Waals surface area contributed by atoms with Gasteiger partial charge in [-0.25, -0.2) is 9.59 Å². The fourth-order valence-corrected chi connectivity index (χ4v) is 3.36. The summed E-state index contributed by atoms with van der Waals surface area (Å²) in [7, 11) is 0. The number of amides is 2. The van der Waals surface area contributed by atoms with Gasteiger partial charge in [-0.05, 0) is 17.5 Å². The molecule has 1 fully saturated rings. The number of carbonyl (C=O) groups excluding carboxylic acids is 1. The van der Waals surface area contributed by atoms with Crippen LogP contribution in [0.3, 0.4) is 0 Å². The van der Waals surface area contributed by atoms with E-state index in [-0.39, 0.29) is 18.8 Å². The largest absolute Gasteiger partial charge is 0.394 e. The molecule has 2 aromatic carbocycles. The number of rotatable bonds is 4. The predicted octanol–water partition coefficient (Wildman–Crippen LogP) is 1.68. The first-order valence-corrected chi connectivity index (χ1v) is 9.14. The van der Waals surface area contributed by atoms with E-state index in [0.717, 1.165) is 10.8 Å². The van der Waals surface area contributed by atoms with E-state index >= 15 is 0 Å². The van der Waals surface area contributed by atoms with E-state index in [4.69, 9.17) is 9.84 Å². The topological polar surface area (TPSA) is 126 Å². The average Bonchev–Trinajstić information content (AvgIpc) is 3.08. The molecule has 150 valence electrons. The van der Waals surface area contributed by atoms with E-state index < -0.39 is 30.2 Å². The van der Waals surface area contributed by atoms with Crippen molar-refractivity contribution in [1.29, 1.82) is 0 Å². The van der Waals surface area contributed by atoms with Crippen LogP contribution in [0.15, 0.2) is 59.5 Å². The number of aliphatic hydroxyl groups is 2. The highest BCUT2D eigenvalue weighted by atomic mass is 16.5. The first kappa shape index (κ1) is 19.1. The van der Waals surface area contributed by atoms with Crippen molar-refractivity contribution in [2.45, 2.75) is 24.9 Å². The highest BCUT2D eigenvalue weighted by molar-refractivity contribution is 6.05. The zero-order valence-corrected chi connectivity index (χ0v) is 15.4. The molecule has 9 nitrogen and oxygen atoms in total. The Morgan fingerprint density at radius 3 is 2.72 bits per heavy atom. The molecule has 1 aliphatic rings. The number of aliphatic hydroxyl groups excluding tert-OH is 2. The van der Waals surface area contributed by atoms with Gasteiger partial charge < -0.3 is 20.3 Å². The van der Waals surface area contributed by atoms with E-state index in [0.29, 0.717) is 5.69 Å². The SMILES string of the molecule is O=C(Nc1ccn([C@H]2C[C@H](O)[C@@H](CO)O2)c(=O)n1)Nc1cccc2ccccc12. The van der Waals surface area contributed by atoms with Gasteiger partial charge in [-0.1, -0.05) is 36.4 Å². The molecule has 0 radical (unpaired) electrons. The van der Waals surface area contributed by atoms with Crippen molar-refractivity contribution in [2.24, 2.45) is 0 Å². The molecule has 0 saturated carbocycles. The van der Waals surface area contributed by atoms with E-state index in [9.17, 15) is 14.7 Å². The van der Waals surface area contributed by atoms with Gasteiger partial charge in [0, 0.05) is 18.0 Å². The molecule has 29 heavy (non-hydrogen) atoms. The second kappa shape index (κ2) is 8.00. The maximum absolute atomic E-state index is 12.3. The number of ether oxygens (including phenoxy) is 1. The van der Waals surface area contributed by atoms with Crippen LogP contribution < -0.4 is 16.3 Å². The lowest BCUT2D eigenvalue weighted by atomic mass is 10.1. The number of nitrogens with one attached hydrogen (secondary N) is 2. The van der Waals surface area contributed by atoms with Crippen LogP contribution in [-0.4, -0.2) is 44.6 Å². The average molecular weight is 396 g/mol. The Hall–Kier alpha value is -3.27. The molecular formula is C20H20N4O5. The summed E-state index contributed by atoms with van der Waals surface area (Å²) in [4.78, 5) is 28.5. The van der Waals surface area contributed by atoms with Crippen molar-refractivity contribution >= 4 is 28.3 Å². The minimum Gasteiger partial charge on any atom is -0.394 e. The van der Waals surface area contributed by atoms with Gasteiger partial charge in [-0.2, -0.15) is 4.98 Å². The van der Waals surface area contributed by atoms with Gasteiger partial charge in [-0.15, -0.1) is 0 Å². The molecule has 0 aliphatic carbocycles. The van der Waals surface area contributed by atoms with Gasteiger partial charge in [0.1, 0.15) is 18.1 Å². The Morgan fingerprint density at radius 1 is 1.17 bits per heavy atom. The van der Waals surface area contributed by atoms with Crippen LogP contribution >= 0.6 is 0 Å². The molecule has 1 aliphatic heterocycles. The highest BCUT2D eigenvalue weighted by Crippen LogP contribution is 2.27. The standard InChI is InChI=1S/C20H20N4O5/c25-11-16-15(26)10-18(29-16)24-9-8-17(23-20(24)28)22-19(27)21-14-7-3-5-12-4-1-2-6-13(12)14/h1-9,15-16,18,25-26H,10-11H2,(H2,21,22,23,27,28)/t15-,16+,18+/m0/s1. The van der Waals surface area contributed by atoms with Gasteiger partial charge in [0.25, 0.3) is 0 Å². The molecule has 0 spiro atoms. The molecule has 1 saturated heterocycles. The summed E-state index contributed by atoms with van der Waals surface area (Å²) in [6.45, 7) is -0.339. The molecular weight excluding hydrogens is 376 g/mol. The zero-order valence-electron chi connectivity index (χ0n) is 15.4. The number of anilines is 2. The van der Waals surface area contributed by atoms with Crippen LogP contribution in [-0.2, 0) is 4.74 Å². The Bertz CT molecular complexity index is 1090. The molecule has 3 aromatic rings. The molecule has 2 amide bonds. The lowest BCUT2D eigenvalue weighted by molar-refractivity contribution is -0.0458. The van der Waals surface area contributed by atoms with Crippen LogP contribution in [0.4, 0.5) is 16.3 Å². The van der Waals surface area contributed by atoms with E-state index in [1.807, 2.05) is 36.4 Å². The summed E-state index contributed by atoms with van der Waals surface area (Å²) in [5.74, 6) is 0.0845. The normalized spacial score (nSPS) is 21.2. The van der Waals surface area contributed by atoms with Crippen molar-refractivity contribution in [3.05, 3.63) is 65.2 Å². The van der Waals surface area contributed by atoms with Gasteiger partial charge in [0.15, 0.2) is 0 Å².